The second-order valence-corrected chi connectivity index (χ2v) is 4.16. The molecule has 0 radical (unpaired) electrons. The highest BCUT2D eigenvalue weighted by Crippen LogP contribution is 2.14. The molecule has 0 aliphatic carbocycles. The lowest BCUT2D eigenvalue weighted by Crippen LogP contribution is -2.40. The molecule has 82 valence electrons. The minimum Gasteiger partial charge on any atom is -0.545 e. The molecule has 1 saturated heterocycles. The van der Waals surface area contributed by atoms with Crippen molar-refractivity contribution < 1.29 is 14.4 Å². The molecule has 1 heterocycles. The molecule has 0 aromatic rings. The van der Waals surface area contributed by atoms with Gasteiger partial charge in [0.2, 0.25) is 0 Å². The zero-order chi connectivity index (χ0) is 11.2. The lowest BCUT2D eigenvalue weighted by molar-refractivity contribution is -0.895. The summed E-state index contributed by atoms with van der Waals surface area (Å²) < 4.78 is 1.32. The van der Waals surface area contributed by atoms with Crippen molar-refractivity contribution in [2.45, 2.75) is 26.7 Å². The predicted molar refractivity (Wildman–Crippen MR) is 55.5 cm³/mol. The number of rotatable bonds is 2. The summed E-state index contributed by atoms with van der Waals surface area (Å²) in [6.07, 6.45) is 2.90. The summed E-state index contributed by atoms with van der Waals surface area (Å²) in [5.74, 6) is -1.19. The Bertz CT molecular complexity index is 193. The van der Waals surface area contributed by atoms with Crippen molar-refractivity contribution in [3.05, 3.63) is 12.2 Å². The van der Waals surface area contributed by atoms with Crippen molar-refractivity contribution in [1.82, 2.24) is 0 Å². The molecule has 0 bridgehead atoms. The summed E-state index contributed by atoms with van der Waals surface area (Å²) >= 11 is 0. The van der Waals surface area contributed by atoms with Crippen LogP contribution in [0.1, 0.15) is 26.7 Å². The Morgan fingerprint density at radius 1 is 1.43 bits per heavy atom. The van der Waals surface area contributed by atoms with E-state index in [9.17, 15) is 9.90 Å². The Morgan fingerprint density at radius 2 is 1.79 bits per heavy atom. The van der Waals surface area contributed by atoms with Crippen LogP contribution in [0.2, 0.25) is 0 Å². The van der Waals surface area contributed by atoms with Crippen LogP contribution in [0, 0.1) is 0 Å². The fourth-order valence-corrected chi connectivity index (χ4v) is 1.42. The van der Waals surface area contributed by atoms with Gasteiger partial charge in [0.15, 0.2) is 0 Å². The Labute approximate surface area is 86.6 Å². The molecule has 0 aromatic carbocycles. The molecular weight excluding hydrogens is 178 g/mol. The first-order valence-electron chi connectivity index (χ1n) is 5.11. The third-order valence-corrected chi connectivity index (χ3v) is 2.76. The van der Waals surface area contributed by atoms with Gasteiger partial charge in [-0.05, 0) is 19.4 Å². The first kappa shape index (κ1) is 13.2. The predicted octanol–water partition coefficient (Wildman–Crippen LogP) is 0.559. The van der Waals surface area contributed by atoms with Crippen LogP contribution in [-0.2, 0) is 4.79 Å². The Kier molecular flexibility index (Phi) is 5.46. The normalized spacial score (nSPS) is 18.2. The fourth-order valence-electron chi connectivity index (χ4n) is 1.42. The lowest BCUT2D eigenvalue weighted by atomic mass is 10.4. The van der Waals surface area contributed by atoms with E-state index < -0.39 is 5.97 Å². The third-order valence-electron chi connectivity index (χ3n) is 2.76. The zero-order valence-electron chi connectivity index (χ0n) is 9.51. The van der Waals surface area contributed by atoms with Crippen LogP contribution in [0.15, 0.2) is 12.2 Å². The van der Waals surface area contributed by atoms with Gasteiger partial charge in [-0.25, -0.2) is 0 Å². The molecule has 3 nitrogen and oxygen atoms in total. The molecule has 0 atom stereocenters. The van der Waals surface area contributed by atoms with Gasteiger partial charge in [0.05, 0.1) is 32.7 Å². The quantitative estimate of drug-likeness (QED) is 0.481. The van der Waals surface area contributed by atoms with Crippen LogP contribution in [0.4, 0.5) is 0 Å². The smallest absolute Gasteiger partial charge is 0.0786 e. The molecule has 1 rings (SSSR count). The summed E-state index contributed by atoms with van der Waals surface area (Å²) in [4.78, 5) is 9.49. The molecule has 14 heavy (non-hydrogen) atoms. The van der Waals surface area contributed by atoms with Gasteiger partial charge >= 0.3 is 0 Å². The highest BCUT2D eigenvalue weighted by atomic mass is 16.4. The van der Waals surface area contributed by atoms with Gasteiger partial charge in [0.25, 0.3) is 0 Å². The maximum atomic E-state index is 9.49. The van der Waals surface area contributed by atoms with Crippen molar-refractivity contribution in [3.63, 3.8) is 0 Å². The van der Waals surface area contributed by atoms with Crippen molar-refractivity contribution in [3.8, 4) is 0 Å². The summed E-state index contributed by atoms with van der Waals surface area (Å²) in [5, 5.41) is 9.49. The van der Waals surface area contributed by atoms with Crippen LogP contribution in [-0.4, -0.2) is 37.1 Å². The molecule has 1 fully saturated rings. The lowest BCUT2D eigenvalue weighted by Gasteiger charge is -2.26. The van der Waals surface area contributed by atoms with Gasteiger partial charge in [-0.2, -0.15) is 0 Å². The van der Waals surface area contributed by atoms with Gasteiger partial charge < -0.3 is 14.4 Å². The molecule has 0 saturated carbocycles. The second-order valence-electron chi connectivity index (χ2n) is 4.16. The van der Waals surface area contributed by atoms with E-state index in [4.69, 9.17) is 0 Å². The standard InChI is InChI=1S/C7H16N.C4H6O2/c1-3-8(2)6-4-5-7-8;1-3(2)4(5)6/h3-7H2,1-2H3;1H2,2H3,(H,5,6)/q+1;/p-1. The van der Waals surface area contributed by atoms with Gasteiger partial charge in [0, 0.05) is 12.8 Å². The third kappa shape index (κ3) is 5.02. The zero-order valence-corrected chi connectivity index (χ0v) is 9.51. The van der Waals surface area contributed by atoms with Crippen molar-refractivity contribution in [2.75, 3.05) is 26.7 Å². The number of aliphatic carboxylic acids is 1. The fraction of sp³-hybridized carbons (Fsp3) is 0.727. The van der Waals surface area contributed by atoms with Gasteiger partial charge in [-0.3, -0.25) is 0 Å². The molecule has 0 unspecified atom stereocenters. The van der Waals surface area contributed by atoms with Crippen molar-refractivity contribution in [1.29, 1.82) is 0 Å². The molecule has 1 aliphatic heterocycles. The van der Waals surface area contributed by atoms with Gasteiger partial charge in [-0.1, -0.05) is 6.58 Å². The van der Waals surface area contributed by atoms with E-state index in [-0.39, 0.29) is 5.57 Å². The monoisotopic (exact) mass is 199 g/mol. The molecule has 0 N–H and O–H groups in total. The molecule has 3 heteroatoms. The number of nitrogens with zero attached hydrogens (tertiary/aromatic N) is 1. The van der Waals surface area contributed by atoms with E-state index in [1.54, 1.807) is 0 Å². The largest absolute Gasteiger partial charge is 0.545 e. The van der Waals surface area contributed by atoms with Crippen molar-refractivity contribution >= 4 is 5.97 Å². The maximum Gasteiger partial charge on any atom is 0.0786 e. The van der Waals surface area contributed by atoms with E-state index in [0.29, 0.717) is 0 Å². The van der Waals surface area contributed by atoms with E-state index in [2.05, 4.69) is 20.6 Å². The molecule has 1 aliphatic rings. The summed E-state index contributed by atoms with van der Waals surface area (Å²) in [5.41, 5.74) is 0.0648. The number of likely N-dealkylation sites (tertiary alicyclic amines) is 1. The van der Waals surface area contributed by atoms with E-state index in [1.807, 2.05) is 0 Å². The van der Waals surface area contributed by atoms with Crippen LogP contribution in [0.5, 0.6) is 0 Å². The van der Waals surface area contributed by atoms with Crippen molar-refractivity contribution in [2.24, 2.45) is 0 Å². The number of quaternary nitrogens is 1. The Morgan fingerprint density at radius 3 is 1.93 bits per heavy atom. The topological polar surface area (TPSA) is 40.1 Å². The molecule has 0 amide bonds. The first-order valence-corrected chi connectivity index (χ1v) is 5.11. The van der Waals surface area contributed by atoms with Gasteiger partial charge in [-0.15, -0.1) is 0 Å². The summed E-state index contributed by atoms with van der Waals surface area (Å²) in [6.45, 7) is 10.9. The summed E-state index contributed by atoms with van der Waals surface area (Å²) in [6, 6.07) is 0. The minimum atomic E-state index is -1.19. The maximum absolute atomic E-state index is 9.49. The average Bonchev–Trinajstić information content (AvgIpc) is 2.54. The molecule has 0 aromatic heterocycles. The SMILES string of the molecule is C=C(C)C(=O)[O-].CC[N+]1(C)CCCC1. The Hall–Kier alpha value is -0.830. The number of carbonyl (C=O) groups is 1. The van der Waals surface area contributed by atoms with Crippen LogP contribution in [0.3, 0.4) is 0 Å². The molecular formula is C11H21NO2. The highest BCUT2D eigenvalue weighted by molar-refractivity contribution is 5.82. The number of hydrogen-bond acceptors (Lipinski definition) is 2. The Balaban J connectivity index is 0.000000255. The number of carbonyl (C=O) groups excluding carboxylic acids is 1. The first-order chi connectivity index (χ1) is 6.41. The van der Waals surface area contributed by atoms with E-state index in [1.165, 1.54) is 43.9 Å². The van der Waals surface area contributed by atoms with Crippen LogP contribution in [0.25, 0.3) is 0 Å². The van der Waals surface area contributed by atoms with Crippen LogP contribution >= 0.6 is 0 Å². The average molecular weight is 199 g/mol. The number of carboxylic acids is 1. The number of carboxylic acid groups (broad SMARTS) is 1. The van der Waals surface area contributed by atoms with E-state index in [0.717, 1.165) is 0 Å². The number of hydrogen-bond donors (Lipinski definition) is 0. The summed E-state index contributed by atoms with van der Waals surface area (Å²) in [7, 11) is 2.35. The van der Waals surface area contributed by atoms with Gasteiger partial charge in [0.1, 0.15) is 0 Å². The van der Waals surface area contributed by atoms with Crippen LogP contribution < -0.4 is 5.11 Å². The molecule has 0 spiro atoms. The minimum absolute atomic E-state index is 0.0648. The van der Waals surface area contributed by atoms with E-state index >= 15 is 0 Å². The second kappa shape index (κ2) is 5.81. The highest BCUT2D eigenvalue weighted by Gasteiger charge is 2.23.